The highest BCUT2D eigenvalue weighted by Gasteiger charge is 2.04. The smallest absolute Gasteiger partial charge is 0.378 e. The van der Waals surface area contributed by atoms with Crippen LogP contribution in [0, 0.1) is 0 Å². The molecule has 0 amide bonds. The van der Waals surface area contributed by atoms with Crippen LogP contribution >= 0.6 is 11.3 Å². The van der Waals surface area contributed by atoms with Crippen LogP contribution in [0.4, 0.5) is 5.13 Å². The van der Waals surface area contributed by atoms with Crippen LogP contribution in [0.2, 0.25) is 0 Å². The van der Waals surface area contributed by atoms with E-state index < -0.39 is 5.97 Å². The van der Waals surface area contributed by atoms with Gasteiger partial charge >= 0.3 is 5.97 Å². The maximum absolute atomic E-state index is 10.3. The monoisotopic (exact) mass is 172 g/mol. The van der Waals surface area contributed by atoms with E-state index in [-0.39, 0.29) is 12.2 Å². The molecule has 0 unspecified atom stereocenters. The molecular weight excluding hydrogens is 168 g/mol. The minimum absolute atomic E-state index is 0.0598. The summed E-state index contributed by atoms with van der Waals surface area (Å²) in [4.78, 5) is 23.7. The SMILES string of the molecule is Nc1nc(OC(=O)C=O)cs1. The molecule has 5 nitrogen and oxygen atoms in total. The van der Waals surface area contributed by atoms with Gasteiger partial charge in [0.2, 0.25) is 12.2 Å². The van der Waals surface area contributed by atoms with Crippen LogP contribution in [-0.2, 0) is 9.59 Å². The summed E-state index contributed by atoms with van der Waals surface area (Å²) >= 11 is 1.13. The Morgan fingerprint density at radius 1 is 1.82 bits per heavy atom. The van der Waals surface area contributed by atoms with E-state index in [1.54, 1.807) is 0 Å². The van der Waals surface area contributed by atoms with Crippen LogP contribution in [0.3, 0.4) is 0 Å². The first kappa shape index (κ1) is 7.67. The number of carbonyl (C=O) groups excluding carboxylic acids is 2. The van der Waals surface area contributed by atoms with Crippen molar-refractivity contribution in [3.8, 4) is 5.88 Å². The number of aldehydes is 1. The van der Waals surface area contributed by atoms with Crippen molar-refractivity contribution < 1.29 is 14.3 Å². The topological polar surface area (TPSA) is 82.3 Å². The summed E-state index contributed by atoms with van der Waals surface area (Å²) in [6, 6.07) is 0. The first-order chi connectivity index (χ1) is 5.22. The zero-order chi connectivity index (χ0) is 8.27. The predicted octanol–water partition coefficient (Wildman–Crippen LogP) is -0.170. The Kier molecular flexibility index (Phi) is 2.17. The summed E-state index contributed by atoms with van der Waals surface area (Å²) in [5, 5.41) is 1.73. The van der Waals surface area contributed by atoms with Gasteiger partial charge in [-0.3, -0.25) is 4.79 Å². The van der Waals surface area contributed by atoms with Gasteiger partial charge in [0.05, 0.1) is 5.38 Å². The van der Waals surface area contributed by atoms with Crippen molar-refractivity contribution in [3.05, 3.63) is 5.38 Å². The summed E-state index contributed by atoms with van der Waals surface area (Å²) in [5.41, 5.74) is 5.22. The van der Waals surface area contributed by atoms with Crippen molar-refractivity contribution in [1.29, 1.82) is 0 Å². The van der Waals surface area contributed by atoms with Gasteiger partial charge in [0, 0.05) is 0 Å². The predicted molar refractivity (Wildman–Crippen MR) is 38.2 cm³/mol. The summed E-state index contributed by atoms with van der Waals surface area (Å²) < 4.78 is 4.40. The lowest BCUT2D eigenvalue weighted by molar-refractivity contribution is -0.141. The van der Waals surface area contributed by atoms with E-state index in [1.807, 2.05) is 0 Å². The molecule has 0 spiro atoms. The second kappa shape index (κ2) is 3.11. The van der Waals surface area contributed by atoms with E-state index in [2.05, 4.69) is 9.72 Å². The zero-order valence-electron chi connectivity index (χ0n) is 5.31. The average Bonchev–Trinajstić information content (AvgIpc) is 2.35. The summed E-state index contributed by atoms with van der Waals surface area (Å²) in [5.74, 6) is -0.917. The van der Waals surface area contributed by atoms with E-state index in [0.717, 1.165) is 11.3 Å². The van der Waals surface area contributed by atoms with Crippen LogP contribution in [0.5, 0.6) is 5.88 Å². The zero-order valence-corrected chi connectivity index (χ0v) is 6.13. The minimum Gasteiger partial charge on any atom is -0.401 e. The van der Waals surface area contributed by atoms with Crippen LogP contribution < -0.4 is 10.5 Å². The highest BCUT2D eigenvalue weighted by molar-refractivity contribution is 7.13. The maximum Gasteiger partial charge on any atom is 0.378 e. The van der Waals surface area contributed by atoms with Gasteiger partial charge in [0.15, 0.2) is 5.13 Å². The molecule has 0 fully saturated rings. The normalized spacial score (nSPS) is 9.09. The molecule has 1 heterocycles. The van der Waals surface area contributed by atoms with Gasteiger partial charge in [0.25, 0.3) is 0 Å². The first-order valence-corrected chi connectivity index (χ1v) is 3.48. The van der Waals surface area contributed by atoms with Gasteiger partial charge in [-0.05, 0) is 0 Å². The number of nitrogen functional groups attached to an aromatic ring is 1. The number of nitrogens with two attached hydrogens (primary N) is 1. The number of carbonyl (C=O) groups is 2. The Morgan fingerprint density at radius 2 is 2.55 bits per heavy atom. The highest BCUT2D eigenvalue weighted by atomic mass is 32.1. The molecule has 6 heteroatoms. The van der Waals surface area contributed by atoms with Gasteiger partial charge in [-0.25, -0.2) is 4.79 Å². The molecule has 0 aliphatic rings. The maximum atomic E-state index is 10.3. The van der Waals surface area contributed by atoms with Gasteiger partial charge in [-0.2, -0.15) is 4.98 Å². The second-order valence-electron chi connectivity index (χ2n) is 1.56. The number of nitrogens with zero attached hydrogens (tertiary/aromatic N) is 1. The third kappa shape index (κ3) is 2.01. The van der Waals surface area contributed by atoms with Crippen molar-refractivity contribution in [1.82, 2.24) is 4.98 Å². The Hall–Kier alpha value is -1.43. The molecule has 58 valence electrons. The third-order valence-corrected chi connectivity index (χ3v) is 1.45. The van der Waals surface area contributed by atoms with Gasteiger partial charge in [-0.15, -0.1) is 11.3 Å². The number of esters is 1. The lowest BCUT2D eigenvalue weighted by Crippen LogP contribution is -2.08. The molecule has 1 aromatic rings. The molecule has 0 aromatic carbocycles. The van der Waals surface area contributed by atoms with Crippen LogP contribution in [0.25, 0.3) is 0 Å². The quantitative estimate of drug-likeness (QED) is 0.380. The van der Waals surface area contributed by atoms with Crippen LogP contribution in [-0.4, -0.2) is 17.2 Å². The van der Waals surface area contributed by atoms with E-state index in [0.29, 0.717) is 5.13 Å². The van der Waals surface area contributed by atoms with E-state index in [4.69, 9.17) is 5.73 Å². The fourth-order valence-corrected chi connectivity index (χ4v) is 0.911. The van der Waals surface area contributed by atoms with E-state index >= 15 is 0 Å². The number of ether oxygens (including phenoxy) is 1. The van der Waals surface area contributed by atoms with Crippen molar-refractivity contribution in [3.63, 3.8) is 0 Å². The van der Waals surface area contributed by atoms with Crippen molar-refractivity contribution >= 4 is 28.7 Å². The second-order valence-corrected chi connectivity index (χ2v) is 2.45. The average molecular weight is 172 g/mol. The summed E-state index contributed by atoms with van der Waals surface area (Å²) in [7, 11) is 0. The molecule has 0 saturated heterocycles. The first-order valence-electron chi connectivity index (χ1n) is 2.60. The van der Waals surface area contributed by atoms with Crippen molar-refractivity contribution in [2.45, 2.75) is 0 Å². The Bertz CT molecular complexity index is 283. The molecule has 1 rings (SSSR count). The number of thiazole rings is 1. The van der Waals surface area contributed by atoms with Gasteiger partial charge < -0.3 is 10.5 Å². The summed E-state index contributed by atoms with van der Waals surface area (Å²) in [6.07, 6.45) is 0.0650. The van der Waals surface area contributed by atoms with Crippen molar-refractivity contribution in [2.24, 2.45) is 0 Å². The van der Waals surface area contributed by atoms with Gasteiger partial charge in [-0.1, -0.05) is 0 Å². The standard InChI is InChI=1S/C5H4N2O3S/c6-5-7-3(2-11-5)10-4(9)1-8/h1-2H,(H2,6,7). The Balaban J connectivity index is 2.64. The molecule has 2 N–H and O–H groups in total. The van der Waals surface area contributed by atoms with E-state index in [1.165, 1.54) is 5.38 Å². The fourth-order valence-electron chi connectivity index (χ4n) is 0.446. The molecule has 0 aliphatic carbocycles. The lowest BCUT2D eigenvalue weighted by Gasteiger charge is -1.90. The molecule has 0 aliphatic heterocycles. The summed E-state index contributed by atoms with van der Waals surface area (Å²) in [6.45, 7) is 0. The number of hydrogen-bond donors (Lipinski definition) is 1. The molecule has 11 heavy (non-hydrogen) atoms. The number of anilines is 1. The molecule has 0 bridgehead atoms. The molecular formula is C5H4N2O3S. The third-order valence-electron chi connectivity index (χ3n) is 0.802. The molecule has 1 aromatic heterocycles. The van der Waals surface area contributed by atoms with Crippen molar-refractivity contribution in [2.75, 3.05) is 5.73 Å². The Labute approximate surface area is 65.8 Å². The van der Waals surface area contributed by atoms with Crippen LogP contribution in [0.1, 0.15) is 0 Å². The lowest BCUT2D eigenvalue weighted by atomic mass is 10.7. The van der Waals surface area contributed by atoms with E-state index in [9.17, 15) is 9.59 Å². The van der Waals surface area contributed by atoms with Crippen LogP contribution in [0.15, 0.2) is 5.38 Å². The highest BCUT2D eigenvalue weighted by Crippen LogP contribution is 2.17. The number of rotatable bonds is 2. The molecule has 0 atom stereocenters. The molecule has 0 radical (unpaired) electrons. The van der Waals surface area contributed by atoms with Gasteiger partial charge in [0.1, 0.15) is 0 Å². The molecule has 0 saturated carbocycles. The minimum atomic E-state index is -0.977. The largest absolute Gasteiger partial charge is 0.401 e. The fraction of sp³-hybridized carbons (Fsp3) is 0. The Morgan fingerprint density at radius 3 is 3.00 bits per heavy atom. The number of hydrogen-bond acceptors (Lipinski definition) is 6. The number of aromatic nitrogens is 1.